The topological polar surface area (TPSA) is 43.0 Å². The predicted octanol–water partition coefficient (Wildman–Crippen LogP) is 2.23. The van der Waals surface area contributed by atoms with E-state index in [2.05, 4.69) is 32.9 Å². The average Bonchev–Trinajstić information content (AvgIpc) is 2.77. The zero-order chi connectivity index (χ0) is 9.97. The van der Waals surface area contributed by atoms with Crippen molar-refractivity contribution in [1.82, 2.24) is 9.55 Å². The molecule has 0 radical (unpaired) electrons. The van der Waals surface area contributed by atoms with Crippen LogP contribution >= 0.6 is 22.6 Å². The van der Waals surface area contributed by atoms with E-state index in [1.54, 1.807) is 6.26 Å². The summed E-state index contributed by atoms with van der Waals surface area (Å²) in [5.41, 5.74) is 0. The Kier molecular flexibility index (Phi) is 2.76. The highest BCUT2D eigenvalue weighted by molar-refractivity contribution is 14.1. The second-order valence-corrected chi connectivity index (χ2v) is 4.00. The van der Waals surface area contributed by atoms with Crippen LogP contribution in [0.15, 0.2) is 29.0 Å². The lowest BCUT2D eigenvalue weighted by Gasteiger charge is -2.03. The molecule has 5 heteroatoms. The predicted molar refractivity (Wildman–Crippen MR) is 62.0 cm³/mol. The second kappa shape index (κ2) is 4.04. The van der Waals surface area contributed by atoms with Gasteiger partial charge in [-0.1, -0.05) is 0 Å². The van der Waals surface area contributed by atoms with E-state index in [0.29, 0.717) is 6.54 Å². The quantitative estimate of drug-likeness (QED) is 0.884. The minimum Gasteiger partial charge on any atom is -0.467 e. The largest absolute Gasteiger partial charge is 0.467 e. The van der Waals surface area contributed by atoms with Gasteiger partial charge in [0.05, 0.1) is 19.0 Å². The van der Waals surface area contributed by atoms with Crippen LogP contribution < -0.4 is 5.32 Å². The molecule has 0 aromatic carbocycles. The summed E-state index contributed by atoms with van der Waals surface area (Å²) in [6.45, 7) is 0.661. The number of halogens is 1. The SMILES string of the molecule is Cn1c(I)cnc1NCc1ccco1. The summed E-state index contributed by atoms with van der Waals surface area (Å²) in [6.07, 6.45) is 3.49. The van der Waals surface area contributed by atoms with Gasteiger partial charge in [0.15, 0.2) is 0 Å². The van der Waals surface area contributed by atoms with Gasteiger partial charge in [-0.05, 0) is 34.7 Å². The molecule has 0 aliphatic carbocycles. The molecule has 0 saturated carbocycles. The smallest absolute Gasteiger partial charge is 0.203 e. The number of hydrogen-bond acceptors (Lipinski definition) is 3. The number of aromatic nitrogens is 2. The highest BCUT2D eigenvalue weighted by Crippen LogP contribution is 2.11. The van der Waals surface area contributed by atoms with E-state index in [9.17, 15) is 0 Å². The molecule has 1 N–H and O–H groups in total. The molecule has 0 fully saturated rings. The molecule has 2 aromatic heterocycles. The van der Waals surface area contributed by atoms with Gasteiger partial charge >= 0.3 is 0 Å². The Bertz CT molecular complexity index is 408. The maximum absolute atomic E-state index is 5.20. The average molecular weight is 303 g/mol. The lowest BCUT2D eigenvalue weighted by Crippen LogP contribution is -2.04. The summed E-state index contributed by atoms with van der Waals surface area (Å²) in [4.78, 5) is 4.22. The van der Waals surface area contributed by atoms with Crippen molar-refractivity contribution in [3.8, 4) is 0 Å². The zero-order valence-electron chi connectivity index (χ0n) is 7.70. The first-order valence-electron chi connectivity index (χ1n) is 4.21. The highest BCUT2D eigenvalue weighted by atomic mass is 127. The van der Waals surface area contributed by atoms with E-state index in [4.69, 9.17) is 4.42 Å². The number of furan rings is 1. The molecule has 2 heterocycles. The number of imidazole rings is 1. The standard InChI is InChI=1S/C9H10IN3O/c1-13-8(10)6-12-9(13)11-5-7-3-2-4-14-7/h2-4,6H,5H2,1H3,(H,11,12). The maximum Gasteiger partial charge on any atom is 0.203 e. The van der Waals surface area contributed by atoms with Gasteiger partial charge in [-0.2, -0.15) is 0 Å². The van der Waals surface area contributed by atoms with Crippen molar-refractivity contribution < 1.29 is 4.42 Å². The van der Waals surface area contributed by atoms with E-state index in [0.717, 1.165) is 15.4 Å². The summed E-state index contributed by atoms with van der Waals surface area (Å²) in [6, 6.07) is 3.81. The fourth-order valence-corrected chi connectivity index (χ4v) is 1.50. The molecule has 2 rings (SSSR count). The molecule has 0 atom stereocenters. The molecule has 0 spiro atoms. The molecule has 0 bridgehead atoms. The molecule has 0 aliphatic rings. The number of rotatable bonds is 3. The van der Waals surface area contributed by atoms with Gasteiger partial charge in [0.1, 0.15) is 9.46 Å². The Hall–Kier alpha value is -0.980. The molecule has 0 unspecified atom stereocenters. The van der Waals surface area contributed by atoms with Crippen LogP contribution in [-0.2, 0) is 13.6 Å². The molecular formula is C9H10IN3O. The van der Waals surface area contributed by atoms with Crippen molar-refractivity contribution in [2.45, 2.75) is 6.54 Å². The van der Waals surface area contributed by atoms with Crippen molar-refractivity contribution in [2.75, 3.05) is 5.32 Å². The minimum absolute atomic E-state index is 0.661. The van der Waals surface area contributed by atoms with E-state index >= 15 is 0 Å². The maximum atomic E-state index is 5.20. The van der Waals surface area contributed by atoms with Crippen molar-refractivity contribution in [1.29, 1.82) is 0 Å². The highest BCUT2D eigenvalue weighted by Gasteiger charge is 2.03. The third kappa shape index (κ3) is 1.92. The summed E-state index contributed by atoms with van der Waals surface area (Å²) < 4.78 is 8.29. The van der Waals surface area contributed by atoms with Crippen LogP contribution in [0.5, 0.6) is 0 Å². The first kappa shape index (κ1) is 9.57. The van der Waals surface area contributed by atoms with Gasteiger partial charge in [-0.15, -0.1) is 0 Å². The Morgan fingerprint density at radius 1 is 1.64 bits per heavy atom. The summed E-state index contributed by atoms with van der Waals surface area (Å²) in [5, 5.41) is 3.19. The van der Waals surface area contributed by atoms with Crippen molar-refractivity contribution in [2.24, 2.45) is 7.05 Å². The number of anilines is 1. The van der Waals surface area contributed by atoms with Crippen LogP contribution in [0.4, 0.5) is 5.95 Å². The van der Waals surface area contributed by atoms with Gasteiger partial charge in [0.2, 0.25) is 5.95 Å². The van der Waals surface area contributed by atoms with Crippen LogP contribution in [0.3, 0.4) is 0 Å². The van der Waals surface area contributed by atoms with Crippen molar-refractivity contribution >= 4 is 28.5 Å². The van der Waals surface area contributed by atoms with Gasteiger partial charge in [-0.3, -0.25) is 0 Å². The fraction of sp³-hybridized carbons (Fsp3) is 0.222. The number of hydrogen-bond donors (Lipinski definition) is 1. The van der Waals surface area contributed by atoms with Gasteiger partial charge < -0.3 is 14.3 Å². The monoisotopic (exact) mass is 303 g/mol. The van der Waals surface area contributed by atoms with Gasteiger partial charge in [0.25, 0.3) is 0 Å². The Balaban J connectivity index is 2.02. The zero-order valence-corrected chi connectivity index (χ0v) is 9.85. The molecule has 0 amide bonds. The van der Waals surface area contributed by atoms with Crippen LogP contribution in [0, 0.1) is 3.70 Å². The fourth-order valence-electron chi connectivity index (χ4n) is 1.13. The van der Waals surface area contributed by atoms with E-state index in [-0.39, 0.29) is 0 Å². The van der Waals surface area contributed by atoms with Crippen molar-refractivity contribution in [3.05, 3.63) is 34.1 Å². The third-order valence-corrected chi connectivity index (χ3v) is 2.93. The third-order valence-electron chi connectivity index (χ3n) is 1.93. The van der Waals surface area contributed by atoms with Crippen LogP contribution in [-0.4, -0.2) is 9.55 Å². The van der Waals surface area contributed by atoms with Crippen LogP contribution in [0.1, 0.15) is 5.76 Å². The molecule has 0 aliphatic heterocycles. The van der Waals surface area contributed by atoms with Gasteiger partial charge in [-0.25, -0.2) is 4.98 Å². The molecule has 14 heavy (non-hydrogen) atoms. The molecular weight excluding hydrogens is 293 g/mol. The van der Waals surface area contributed by atoms with Gasteiger partial charge in [0, 0.05) is 7.05 Å². The minimum atomic E-state index is 0.661. The Morgan fingerprint density at radius 2 is 2.50 bits per heavy atom. The number of nitrogens with one attached hydrogen (secondary N) is 1. The van der Waals surface area contributed by atoms with Crippen LogP contribution in [0.2, 0.25) is 0 Å². The molecule has 0 saturated heterocycles. The lowest BCUT2D eigenvalue weighted by molar-refractivity contribution is 0.517. The first-order chi connectivity index (χ1) is 6.77. The van der Waals surface area contributed by atoms with E-state index < -0.39 is 0 Å². The Morgan fingerprint density at radius 3 is 3.07 bits per heavy atom. The lowest BCUT2D eigenvalue weighted by atomic mass is 10.4. The second-order valence-electron chi connectivity index (χ2n) is 2.90. The molecule has 2 aromatic rings. The first-order valence-corrected chi connectivity index (χ1v) is 5.28. The number of nitrogens with zero attached hydrogens (tertiary/aromatic N) is 2. The van der Waals surface area contributed by atoms with E-state index in [1.807, 2.05) is 29.9 Å². The molecule has 74 valence electrons. The van der Waals surface area contributed by atoms with Crippen LogP contribution in [0.25, 0.3) is 0 Å². The van der Waals surface area contributed by atoms with E-state index in [1.165, 1.54) is 0 Å². The molecule has 4 nitrogen and oxygen atoms in total. The summed E-state index contributed by atoms with van der Waals surface area (Å²) in [5.74, 6) is 1.76. The Labute approximate surface area is 95.5 Å². The van der Waals surface area contributed by atoms with Crippen molar-refractivity contribution in [3.63, 3.8) is 0 Å². The summed E-state index contributed by atoms with van der Waals surface area (Å²) in [7, 11) is 1.97. The normalized spacial score (nSPS) is 10.4. The summed E-state index contributed by atoms with van der Waals surface area (Å²) >= 11 is 2.24.